The van der Waals surface area contributed by atoms with Crippen LogP contribution in [0.3, 0.4) is 0 Å². The van der Waals surface area contributed by atoms with Crippen LogP contribution in [0.5, 0.6) is 11.6 Å². The van der Waals surface area contributed by atoms with Crippen LogP contribution in [0.2, 0.25) is 0 Å². The SMILES string of the molecule is Nc1ccc(Oc2cc(C(F)(F)F)ncn2)cc1. The largest absolute Gasteiger partial charge is 0.439 e. The zero-order valence-electron chi connectivity index (χ0n) is 8.98. The topological polar surface area (TPSA) is 61.0 Å². The Kier molecular flexibility index (Phi) is 3.05. The second kappa shape index (κ2) is 4.52. The Labute approximate surface area is 100 Å². The molecule has 18 heavy (non-hydrogen) atoms. The van der Waals surface area contributed by atoms with Gasteiger partial charge in [-0.3, -0.25) is 0 Å². The number of benzene rings is 1. The van der Waals surface area contributed by atoms with Crippen molar-refractivity contribution in [1.29, 1.82) is 0 Å². The van der Waals surface area contributed by atoms with Gasteiger partial charge in [-0.15, -0.1) is 0 Å². The Morgan fingerprint density at radius 2 is 1.72 bits per heavy atom. The average Bonchev–Trinajstić information content (AvgIpc) is 2.31. The van der Waals surface area contributed by atoms with Crippen LogP contribution in [0.4, 0.5) is 18.9 Å². The smallest absolute Gasteiger partial charge is 0.433 e. The van der Waals surface area contributed by atoms with E-state index in [-0.39, 0.29) is 5.88 Å². The molecule has 4 nitrogen and oxygen atoms in total. The Balaban J connectivity index is 2.22. The molecule has 1 aromatic carbocycles. The van der Waals surface area contributed by atoms with E-state index in [2.05, 4.69) is 9.97 Å². The molecule has 0 bridgehead atoms. The van der Waals surface area contributed by atoms with Crippen LogP contribution in [0.25, 0.3) is 0 Å². The third-order valence-electron chi connectivity index (χ3n) is 2.03. The molecule has 0 saturated carbocycles. The summed E-state index contributed by atoms with van der Waals surface area (Å²) in [6, 6.07) is 6.94. The minimum absolute atomic E-state index is 0.179. The van der Waals surface area contributed by atoms with Gasteiger partial charge in [-0.2, -0.15) is 13.2 Å². The first-order valence-corrected chi connectivity index (χ1v) is 4.88. The van der Waals surface area contributed by atoms with Crippen molar-refractivity contribution in [2.24, 2.45) is 0 Å². The summed E-state index contributed by atoms with van der Waals surface area (Å²) >= 11 is 0. The van der Waals surface area contributed by atoms with Crippen molar-refractivity contribution in [2.75, 3.05) is 5.73 Å². The van der Waals surface area contributed by atoms with Gasteiger partial charge in [-0.25, -0.2) is 9.97 Å². The lowest BCUT2D eigenvalue weighted by Gasteiger charge is -2.08. The molecule has 0 aliphatic carbocycles. The fraction of sp³-hybridized carbons (Fsp3) is 0.0909. The van der Waals surface area contributed by atoms with Gasteiger partial charge in [0.1, 0.15) is 12.1 Å². The number of anilines is 1. The highest BCUT2D eigenvalue weighted by Gasteiger charge is 2.33. The Bertz CT molecular complexity index is 540. The maximum absolute atomic E-state index is 12.4. The van der Waals surface area contributed by atoms with Crippen LogP contribution in [-0.2, 0) is 6.18 Å². The number of halogens is 3. The molecule has 0 atom stereocenters. The first kappa shape index (κ1) is 12.2. The lowest BCUT2D eigenvalue weighted by molar-refractivity contribution is -0.141. The predicted molar refractivity (Wildman–Crippen MR) is 58.0 cm³/mol. The number of nitrogens with zero attached hydrogens (tertiary/aromatic N) is 2. The molecule has 2 N–H and O–H groups in total. The highest BCUT2D eigenvalue weighted by Crippen LogP contribution is 2.29. The van der Waals surface area contributed by atoms with E-state index in [1.807, 2.05) is 0 Å². The van der Waals surface area contributed by atoms with Crippen molar-refractivity contribution in [2.45, 2.75) is 6.18 Å². The van der Waals surface area contributed by atoms with Crippen molar-refractivity contribution >= 4 is 5.69 Å². The highest BCUT2D eigenvalue weighted by molar-refractivity contribution is 5.42. The zero-order valence-corrected chi connectivity index (χ0v) is 8.98. The van der Waals surface area contributed by atoms with Gasteiger partial charge in [-0.05, 0) is 24.3 Å². The molecule has 0 fully saturated rings. The van der Waals surface area contributed by atoms with Crippen LogP contribution < -0.4 is 10.5 Å². The number of alkyl halides is 3. The molecule has 1 aromatic heterocycles. The van der Waals surface area contributed by atoms with Crippen molar-refractivity contribution in [1.82, 2.24) is 9.97 Å². The monoisotopic (exact) mass is 255 g/mol. The van der Waals surface area contributed by atoms with Crippen molar-refractivity contribution in [3.05, 3.63) is 42.4 Å². The lowest BCUT2D eigenvalue weighted by atomic mass is 10.3. The number of hydrogen-bond donors (Lipinski definition) is 1. The van der Waals surface area contributed by atoms with E-state index in [9.17, 15) is 13.2 Å². The first-order valence-electron chi connectivity index (χ1n) is 4.88. The number of ether oxygens (including phenoxy) is 1. The summed E-state index contributed by atoms with van der Waals surface area (Å²) in [6.45, 7) is 0. The number of nitrogens with two attached hydrogens (primary N) is 1. The predicted octanol–water partition coefficient (Wildman–Crippen LogP) is 2.87. The summed E-state index contributed by atoms with van der Waals surface area (Å²) in [4.78, 5) is 6.74. The summed E-state index contributed by atoms with van der Waals surface area (Å²) in [5.74, 6) is 0.165. The third kappa shape index (κ3) is 2.88. The van der Waals surface area contributed by atoms with Crippen LogP contribution in [-0.4, -0.2) is 9.97 Å². The van der Waals surface area contributed by atoms with Gasteiger partial charge >= 0.3 is 6.18 Å². The van der Waals surface area contributed by atoms with Gasteiger partial charge in [0.25, 0.3) is 0 Å². The third-order valence-corrected chi connectivity index (χ3v) is 2.03. The molecule has 1 heterocycles. The van der Waals surface area contributed by atoms with E-state index >= 15 is 0 Å². The van der Waals surface area contributed by atoms with Crippen LogP contribution in [0.15, 0.2) is 36.7 Å². The molecule has 0 aliphatic heterocycles. The summed E-state index contributed by atoms with van der Waals surface area (Å²) in [6.07, 6.45) is -3.72. The van der Waals surface area contributed by atoms with Crippen LogP contribution in [0, 0.1) is 0 Å². The standard InChI is InChI=1S/C11H8F3N3O/c12-11(13,14)9-5-10(17-6-16-9)18-8-3-1-7(15)2-4-8/h1-6H,15H2. The van der Waals surface area contributed by atoms with Gasteiger partial charge < -0.3 is 10.5 Å². The van der Waals surface area contributed by atoms with Gasteiger partial charge in [0.2, 0.25) is 5.88 Å². The van der Waals surface area contributed by atoms with E-state index < -0.39 is 11.9 Å². The summed E-state index contributed by atoms with van der Waals surface area (Å²) in [7, 11) is 0. The Hall–Kier alpha value is -2.31. The number of rotatable bonds is 2. The van der Waals surface area contributed by atoms with E-state index in [1.165, 1.54) is 12.1 Å². The van der Waals surface area contributed by atoms with E-state index in [0.717, 1.165) is 12.4 Å². The van der Waals surface area contributed by atoms with E-state index in [0.29, 0.717) is 11.4 Å². The molecular formula is C11H8F3N3O. The molecule has 7 heteroatoms. The number of hydrogen-bond acceptors (Lipinski definition) is 4. The van der Waals surface area contributed by atoms with Gasteiger partial charge in [0, 0.05) is 11.8 Å². The zero-order chi connectivity index (χ0) is 13.2. The maximum atomic E-state index is 12.4. The fourth-order valence-corrected chi connectivity index (χ4v) is 1.21. The molecule has 2 aromatic rings. The van der Waals surface area contributed by atoms with E-state index in [1.54, 1.807) is 12.1 Å². The second-order valence-electron chi connectivity index (χ2n) is 3.41. The molecule has 0 aliphatic rings. The molecule has 0 spiro atoms. The molecule has 94 valence electrons. The first-order chi connectivity index (χ1) is 8.45. The summed E-state index contributed by atoms with van der Waals surface area (Å²) < 4.78 is 42.4. The van der Waals surface area contributed by atoms with Crippen molar-refractivity contribution in [3.8, 4) is 11.6 Å². The lowest BCUT2D eigenvalue weighted by Crippen LogP contribution is -2.08. The number of aromatic nitrogens is 2. The second-order valence-corrected chi connectivity index (χ2v) is 3.41. The molecular weight excluding hydrogens is 247 g/mol. The van der Waals surface area contributed by atoms with E-state index in [4.69, 9.17) is 10.5 Å². The van der Waals surface area contributed by atoms with Gasteiger partial charge in [-0.1, -0.05) is 0 Å². The average molecular weight is 255 g/mol. The summed E-state index contributed by atoms with van der Waals surface area (Å²) in [5, 5.41) is 0. The molecule has 0 unspecified atom stereocenters. The fourth-order valence-electron chi connectivity index (χ4n) is 1.21. The van der Waals surface area contributed by atoms with Gasteiger partial charge in [0.05, 0.1) is 0 Å². The molecule has 0 radical (unpaired) electrons. The van der Waals surface area contributed by atoms with Crippen LogP contribution in [0.1, 0.15) is 5.69 Å². The van der Waals surface area contributed by atoms with Crippen molar-refractivity contribution in [3.63, 3.8) is 0 Å². The van der Waals surface area contributed by atoms with Crippen molar-refractivity contribution < 1.29 is 17.9 Å². The molecule has 2 rings (SSSR count). The quantitative estimate of drug-likeness (QED) is 0.838. The maximum Gasteiger partial charge on any atom is 0.433 e. The number of nitrogen functional groups attached to an aromatic ring is 1. The molecule has 0 amide bonds. The van der Waals surface area contributed by atoms with Crippen LogP contribution >= 0.6 is 0 Å². The summed E-state index contributed by atoms with van der Waals surface area (Å²) in [5.41, 5.74) is 4.95. The Morgan fingerprint density at radius 1 is 1.06 bits per heavy atom. The highest BCUT2D eigenvalue weighted by atomic mass is 19.4. The van der Waals surface area contributed by atoms with Gasteiger partial charge in [0.15, 0.2) is 5.69 Å². The Morgan fingerprint density at radius 3 is 2.33 bits per heavy atom. The minimum atomic E-state index is -4.53. The normalized spacial score (nSPS) is 11.3. The minimum Gasteiger partial charge on any atom is -0.439 e. The molecule has 0 saturated heterocycles.